The molecular formula is C21H25FN2O2. The van der Waals surface area contributed by atoms with E-state index in [-0.39, 0.29) is 17.5 Å². The first kappa shape index (κ1) is 17.3. The molecule has 5 heteroatoms. The molecule has 1 saturated heterocycles. The van der Waals surface area contributed by atoms with E-state index in [1.807, 2.05) is 30.3 Å². The molecule has 0 aliphatic carbocycles. The van der Waals surface area contributed by atoms with Gasteiger partial charge < -0.3 is 15.2 Å². The van der Waals surface area contributed by atoms with Crippen molar-refractivity contribution in [3.05, 3.63) is 59.9 Å². The molecule has 0 bridgehead atoms. The molecule has 1 unspecified atom stereocenters. The van der Waals surface area contributed by atoms with Crippen molar-refractivity contribution < 1.29 is 13.9 Å². The van der Waals surface area contributed by atoms with Crippen molar-refractivity contribution in [2.24, 2.45) is 5.73 Å². The molecule has 26 heavy (non-hydrogen) atoms. The predicted octanol–water partition coefficient (Wildman–Crippen LogP) is 3.00. The van der Waals surface area contributed by atoms with Gasteiger partial charge in [-0.2, -0.15) is 0 Å². The number of rotatable bonds is 5. The van der Waals surface area contributed by atoms with Crippen LogP contribution >= 0.6 is 0 Å². The first-order valence-corrected chi connectivity index (χ1v) is 9.27. The van der Waals surface area contributed by atoms with E-state index in [2.05, 4.69) is 4.90 Å². The van der Waals surface area contributed by atoms with Crippen LogP contribution in [0.2, 0.25) is 0 Å². The summed E-state index contributed by atoms with van der Waals surface area (Å²) in [6.07, 6.45) is 2.64. The van der Waals surface area contributed by atoms with Crippen LogP contribution in [0.4, 0.5) is 4.39 Å². The molecule has 4 nitrogen and oxygen atoms in total. The number of halogens is 1. The summed E-state index contributed by atoms with van der Waals surface area (Å²) in [5.74, 6) is 1.52. The summed E-state index contributed by atoms with van der Waals surface area (Å²) in [5, 5.41) is 0. The van der Waals surface area contributed by atoms with Crippen molar-refractivity contribution in [1.29, 1.82) is 0 Å². The van der Waals surface area contributed by atoms with Gasteiger partial charge >= 0.3 is 0 Å². The lowest BCUT2D eigenvalue weighted by Crippen LogP contribution is -2.53. The van der Waals surface area contributed by atoms with Crippen LogP contribution in [-0.2, 0) is 6.42 Å². The van der Waals surface area contributed by atoms with Crippen LogP contribution in [0.15, 0.2) is 48.5 Å². The van der Waals surface area contributed by atoms with Gasteiger partial charge in [0.1, 0.15) is 29.5 Å². The number of hydrogen-bond donors (Lipinski definition) is 1. The Hall–Kier alpha value is -2.11. The Morgan fingerprint density at radius 2 is 1.92 bits per heavy atom. The standard InChI is InChI=1S/C21H25FN2O2/c22-17-6-7-20-16(12-17)13-21(26-20)8-10-24(11-9-21)18(14-23)15-25-19-4-2-1-3-5-19/h1-7,12,18H,8-11,13-15,23H2. The molecule has 1 fully saturated rings. The Labute approximate surface area is 153 Å². The minimum absolute atomic E-state index is 0.188. The summed E-state index contributed by atoms with van der Waals surface area (Å²) in [6, 6.07) is 14.8. The van der Waals surface area contributed by atoms with Crippen molar-refractivity contribution >= 4 is 0 Å². The zero-order valence-corrected chi connectivity index (χ0v) is 14.9. The maximum absolute atomic E-state index is 13.5. The zero-order chi connectivity index (χ0) is 18.0. The minimum Gasteiger partial charge on any atom is -0.492 e. The smallest absolute Gasteiger partial charge is 0.123 e. The van der Waals surface area contributed by atoms with Gasteiger partial charge in [0.05, 0.1) is 6.04 Å². The molecule has 2 heterocycles. The van der Waals surface area contributed by atoms with E-state index in [0.29, 0.717) is 13.2 Å². The largest absolute Gasteiger partial charge is 0.492 e. The van der Waals surface area contributed by atoms with Crippen LogP contribution in [0.25, 0.3) is 0 Å². The van der Waals surface area contributed by atoms with Gasteiger partial charge in [-0.15, -0.1) is 0 Å². The minimum atomic E-state index is -0.192. The van der Waals surface area contributed by atoms with Crippen LogP contribution in [0.5, 0.6) is 11.5 Å². The van der Waals surface area contributed by atoms with E-state index in [1.54, 1.807) is 12.1 Å². The van der Waals surface area contributed by atoms with Gasteiger partial charge in [-0.1, -0.05) is 18.2 Å². The van der Waals surface area contributed by atoms with Crippen molar-refractivity contribution in [1.82, 2.24) is 4.90 Å². The number of likely N-dealkylation sites (tertiary alicyclic amines) is 1. The molecule has 2 aromatic carbocycles. The van der Waals surface area contributed by atoms with E-state index in [1.165, 1.54) is 6.07 Å². The number of piperidine rings is 1. The number of nitrogens with two attached hydrogens (primary N) is 1. The first-order chi connectivity index (χ1) is 12.7. The third kappa shape index (κ3) is 3.55. The Kier molecular flexibility index (Phi) is 4.83. The molecular weight excluding hydrogens is 331 g/mol. The summed E-state index contributed by atoms with van der Waals surface area (Å²) in [7, 11) is 0. The predicted molar refractivity (Wildman–Crippen MR) is 99.0 cm³/mol. The second kappa shape index (κ2) is 7.25. The van der Waals surface area contributed by atoms with E-state index in [0.717, 1.165) is 49.4 Å². The van der Waals surface area contributed by atoms with Gasteiger partial charge in [0.15, 0.2) is 0 Å². The Morgan fingerprint density at radius 1 is 1.15 bits per heavy atom. The highest BCUT2D eigenvalue weighted by Gasteiger charge is 2.43. The maximum atomic E-state index is 13.5. The fourth-order valence-electron chi connectivity index (χ4n) is 4.01. The lowest BCUT2D eigenvalue weighted by molar-refractivity contribution is -0.000257. The Bertz CT molecular complexity index is 745. The van der Waals surface area contributed by atoms with Crippen LogP contribution in [0.1, 0.15) is 18.4 Å². The molecule has 1 atom stereocenters. The Morgan fingerprint density at radius 3 is 2.65 bits per heavy atom. The highest BCUT2D eigenvalue weighted by atomic mass is 19.1. The third-order valence-corrected chi connectivity index (χ3v) is 5.54. The molecule has 2 N–H and O–H groups in total. The molecule has 0 aromatic heterocycles. The lowest BCUT2D eigenvalue weighted by atomic mass is 9.86. The van der Waals surface area contributed by atoms with E-state index >= 15 is 0 Å². The maximum Gasteiger partial charge on any atom is 0.123 e. The average Bonchev–Trinajstić information content (AvgIpc) is 3.01. The summed E-state index contributed by atoms with van der Waals surface area (Å²) in [5.41, 5.74) is 6.80. The van der Waals surface area contributed by atoms with Crippen LogP contribution in [-0.4, -0.2) is 42.8 Å². The highest BCUT2D eigenvalue weighted by Crippen LogP contribution is 2.41. The van der Waals surface area contributed by atoms with Gasteiger partial charge in [0.25, 0.3) is 0 Å². The van der Waals surface area contributed by atoms with Crippen molar-refractivity contribution in [3.63, 3.8) is 0 Å². The Balaban J connectivity index is 1.34. The van der Waals surface area contributed by atoms with E-state index < -0.39 is 0 Å². The second-order valence-electron chi connectivity index (χ2n) is 7.26. The van der Waals surface area contributed by atoms with Crippen molar-refractivity contribution in [2.45, 2.75) is 30.9 Å². The fourth-order valence-corrected chi connectivity index (χ4v) is 4.01. The second-order valence-corrected chi connectivity index (χ2v) is 7.26. The quantitative estimate of drug-likeness (QED) is 0.895. The number of benzene rings is 2. The van der Waals surface area contributed by atoms with E-state index in [4.69, 9.17) is 15.2 Å². The molecule has 2 aliphatic heterocycles. The molecule has 0 saturated carbocycles. The van der Waals surface area contributed by atoms with E-state index in [9.17, 15) is 4.39 Å². The highest BCUT2D eigenvalue weighted by molar-refractivity contribution is 5.40. The molecule has 138 valence electrons. The van der Waals surface area contributed by atoms with Crippen LogP contribution in [0, 0.1) is 5.82 Å². The molecule has 4 rings (SSSR count). The summed E-state index contributed by atoms with van der Waals surface area (Å²) in [4.78, 5) is 2.39. The topological polar surface area (TPSA) is 47.7 Å². The van der Waals surface area contributed by atoms with Gasteiger partial charge in [0, 0.05) is 44.5 Å². The lowest BCUT2D eigenvalue weighted by Gasteiger charge is -2.41. The molecule has 2 aromatic rings. The van der Waals surface area contributed by atoms with Crippen molar-refractivity contribution in [3.8, 4) is 11.5 Å². The molecule has 2 aliphatic rings. The monoisotopic (exact) mass is 356 g/mol. The number of ether oxygens (including phenoxy) is 2. The molecule has 0 amide bonds. The van der Waals surface area contributed by atoms with Gasteiger partial charge in [-0.05, 0) is 30.3 Å². The number of para-hydroxylation sites is 1. The first-order valence-electron chi connectivity index (χ1n) is 9.27. The fraction of sp³-hybridized carbons (Fsp3) is 0.429. The van der Waals surface area contributed by atoms with Gasteiger partial charge in [-0.3, -0.25) is 4.90 Å². The van der Waals surface area contributed by atoms with Crippen LogP contribution < -0.4 is 15.2 Å². The molecule has 0 radical (unpaired) electrons. The van der Waals surface area contributed by atoms with Gasteiger partial charge in [0.2, 0.25) is 0 Å². The average molecular weight is 356 g/mol. The van der Waals surface area contributed by atoms with Crippen molar-refractivity contribution in [2.75, 3.05) is 26.2 Å². The normalized spacial score (nSPS) is 19.8. The van der Waals surface area contributed by atoms with Crippen LogP contribution in [0.3, 0.4) is 0 Å². The summed E-state index contributed by atoms with van der Waals surface area (Å²) in [6.45, 7) is 2.97. The summed E-state index contributed by atoms with van der Waals surface area (Å²) >= 11 is 0. The third-order valence-electron chi connectivity index (χ3n) is 5.54. The number of hydrogen-bond acceptors (Lipinski definition) is 4. The van der Waals surface area contributed by atoms with Gasteiger partial charge in [-0.25, -0.2) is 4.39 Å². The molecule has 1 spiro atoms. The SMILES string of the molecule is NCC(COc1ccccc1)N1CCC2(CC1)Cc1cc(F)ccc1O2. The summed E-state index contributed by atoms with van der Waals surface area (Å²) < 4.78 is 25.6. The number of nitrogens with zero attached hydrogens (tertiary/aromatic N) is 1. The zero-order valence-electron chi connectivity index (χ0n) is 14.9. The number of fused-ring (bicyclic) bond motifs is 1.